The molecule has 21 heavy (non-hydrogen) atoms. The Kier molecular flexibility index (Phi) is 4.40. The number of imidazole rings is 1. The summed E-state index contributed by atoms with van der Waals surface area (Å²) in [5.41, 5.74) is 2.23. The Morgan fingerprint density at radius 2 is 2.33 bits per heavy atom. The van der Waals surface area contributed by atoms with Gasteiger partial charge in [-0.05, 0) is 26.0 Å². The highest BCUT2D eigenvalue weighted by Crippen LogP contribution is 2.26. The quantitative estimate of drug-likeness (QED) is 0.943. The third kappa shape index (κ3) is 3.04. The lowest BCUT2D eigenvalue weighted by Crippen LogP contribution is -2.39. The van der Waals surface area contributed by atoms with E-state index in [9.17, 15) is 0 Å². The van der Waals surface area contributed by atoms with Crippen LogP contribution in [0, 0.1) is 0 Å². The second-order valence-corrected chi connectivity index (χ2v) is 6.93. The third-order valence-corrected chi connectivity index (χ3v) is 5.04. The second-order valence-electron chi connectivity index (χ2n) is 5.78. The standard InChI is InChI=1S/C16H23N3OS/c1-11(2)19-15-5-4-13(20-3)9-14(15)18-16(19)8-12-10-21-7-6-17-12/h4-5,9,11-12,17H,6-8,10H2,1-3H3. The van der Waals surface area contributed by atoms with E-state index in [4.69, 9.17) is 9.72 Å². The van der Waals surface area contributed by atoms with Crippen molar-refractivity contribution in [2.75, 3.05) is 25.2 Å². The molecule has 0 radical (unpaired) electrons. The van der Waals surface area contributed by atoms with Crippen molar-refractivity contribution in [1.82, 2.24) is 14.9 Å². The summed E-state index contributed by atoms with van der Waals surface area (Å²) in [5, 5.41) is 3.60. The summed E-state index contributed by atoms with van der Waals surface area (Å²) < 4.78 is 7.67. The van der Waals surface area contributed by atoms with E-state index in [-0.39, 0.29) is 0 Å². The van der Waals surface area contributed by atoms with Gasteiger partial charge in [0.15, 0.2) is 0 Å². The van der Waals surface area contributed by atoms with E-state index >= 15 is 0 Å². The predicted molar refractivity (Wildman–Crippen MR) is 89.5 cm³/mol. The van der Waals surface area contributed by atoms with E-state index < -0.39 is 0 Å². The molecule has 0 aliphatic carbocycles. The number of rotatable bonds is 4. The second kappa shape index (κ2) is 6.28. The first kappa shape index (κ1) is 14.7. The van der Waals surface area contributed by atoms with Crippen LogP contribution >= 0.6 is 11.8 Å². The van der Waals surface area contributed by atoms with Crippen LogP contribution in [0.3, 0.4) is 0 Å². The van der Waals surface area contributed by atoms with Gasteiger partial charge in [0, 0.05) is 42.6 Å². The molecule has 1 fully saturated rings. The van der Waals surface area contributed by atoms with Gasteiger partial charge < -0.3 is 14.6 Å². The van der Waals surface area contributed by atoms with Gasteiger partial charge in [0.1, 0.15) is 11.6 Å². The van der Waals surface area contributed by atoms with E-state index in [2.05, 4.69) is 29.8 Å². The zero-order chi connectivity index (χ0) is 14.8. The van der Waals surface area contributed by atoms with E-state index in [0.29, 0.717) is 12.1 Å². The Morgan fingerprint density at radius 3 is 3.00 bits per heavy atom. The molecule has 1 aromatic carbocycles. The molecule has 3 rings (SSSR count). The Hall–Kier alpha value is -1.20. The molecule has 4 nitrogen and oxygen atoms in total. The van der Waals surface area contributed by atoms with E-state index in [0.717, 1.165) is 24.2 Å². The molecule has 0 spiro atoms. The van der Waals surface area contributed by atoms with Gasteiger partial charge in [0.25, 0.3) is 0 Å². The van der Waals surface area contributed by atoms with Gasteiger partial charge in [-0.3, -0.25) is 0 Å². The lowest BCUT2D eigenvalue weighted by Gasteiger charge is -2.23. The minimum absolute atomic E-state index is 0.412. The van der Waals surface area contributed by atoms with Crippen LogP contribution in [0.4, 0.5) is 0 Å². The largest absolute Gasteiger partial charge is 0.497 e. The summed E-state index contributed by atoms with van der Waals surface area (Å²) >= 11 is 2.03. The molecular formula is C16H23N3OS. The number of aromatic nitrogens is 2. The highest BCUT2D eigenvalue weighted by Gasteiger charge is 2.19. The minimum Gasteiger partial charge on any atom is -0.497 e. The summed E-state index contributed by atoms with van der Waals surface area (Å²) in [5.74, 6) is 4.43. The first-order valence-electron chi connectivity index (χ1n) is 7.55. The molecule has 114 valence electrons. The van der Waals surface area contributed by atoms with E-state index in [1.165, 1.54) is 22.8 Å². The fourth-order valence-corrected chi connectivity index (χ4v) is 3.90. The number of thioether (sulfide) groups is 1. The maximum Gasteiger partial charge on any atom is 0.121 e. The SMILES string of the molecule is COc1ccc2c(c1)nc(CC1CSCCN1)n2C(C)C. The van der Waals surface area contributed by atoms with Crippen LogP contribution in [-0.2, 0) is 6.42 Å². The van der Waals surface area contributed by atoms with E-state index in [1.54, 1.807) is 7.11 Å². The van der Waals surface area contributed by atoms with Crippen molar-refractivity contribution >= 4 is 22.8 Å². The third-order valence-electron chi connectivity index (χ3n) is 3.91. The summed E-state index contributed by atoms with van der Waals surface area (Å²) in [4.78, 5) is 4.87. The van der Waals surface area contributed by atoms with Gasteiger partial charge >= 0.3 is 0 Å². The number of hydrogen-bond donors (Lipinski definition) is 1. The van der Waals surface area contributed by atoms with Gasteiger partial charge in [0.2, 0.25) is 0 Å². The van der Waals surface area contributed by atoms with E-state index in [1.807, 2.05) is 23.9 Å². The van der Waals surface area contributed by atoms with Crippen molar-refractivity contribution < 1.29 is 4.74 Å². The van der Waals surface area contributed by atoms with Crippen molar-refractivity contribution in [3.63, 3.8) is 0 Å². The van der Waals surface area contributed by atoms with Gasteiger partial charge in [0.05, 0.1) is 18.1 Å². The lowest BCUT2D eigenvalue weighted by molar-refractivity contribution is 0.415. The predicted octanol–water partition coefficient (Wildman–Crippen LogP) is 2.87. The number of hydrogen-bond acceptors (Lipinski definition) is 4. The van der Waals surface area contributed by atoms with Crippen LogP contribution in [0.5, 0.6) is 5.75 Å². The molecule has 1 aliphatic rings. The zero-order valence-electron chi connectivity index (χ0n) is 12.9. The van der Waals surface area contributed by atoms with Crippen LogP contribution < -0.4 is 10.1 Å². The van der Waals surface area contributed by atoms with Crippen LogP contribution in [-0.4, -0.2) is 40.8 Å². The highest BCUT2D eigenvalue weighted by atomic mass is 32.2. The fourth-order valence-electron chi connectivity index (χ4n) is 2.95. The molecule has 1 N–H and O–H groups in total. The Bertz CT molecular complexity index is 617. The normalized spacial score (nSPS) is 19.3. The number of methoxy groups -OCH3 is 1. The van der Waals surface area contributed by atoms with Gasteiger partial charge in [-0.2, -0.15) is 11.8 Å². The van der Waals surface area contributed by atoms with Crippen molar-refractivity contribution in [3.05, 3.63) is 24.0 Å². The lowest BCUT2D eigenvalue weighted by atomic mass is 10.2. The number of benzene rings is 1. The first-order valence-corrected chi connectivity index (χ1v) is 8.70. The molecule has 1 aromatic heterocycles. The molecule has 2 aromatic rings. The molecule has 1 atom stereocenters. The average molecular weight is 305 g/mol. The summed E-state index contributed by atoms with van der Waals surface area (Å²) in [6, 6.07) is 7.10. The maximum absolute atomic E-state index is 5.32. The van der Waals surface area contributed by atoms with Gasteiger partial charge in [-0.25, -0.2) is 4.98 Å². The van der Waals surface area contributed by atoms with Gasteiger partial charge in [-0.15, -0.1) is 0 Å². The number of nitrogens with zero attached hydrogens (tertiary/aromatic N) is 2. The van der Waals surface area contributed by atoms with Crippen molar-refractivity contribution in [2.24, 2.45) is 0 Å². The number of ether oxygens (including phenoxy) is 1. The number of fused-ring (bicyclic) bond motifs is 1. The molecule has 0 amide bonds. The molecule has 0 bridgehead atoms. The van der Waals surface area contributed by atoms with Gasteiger partial charge in [-0.1, -0.05) is 0 Å². The molecule has 1 unspecified atom stereocenters. The smallest absolute Gasteiger partial charge is 0.121 e. The molecular weight excluding hydrogens is 282 g/mol. The Labute approximate surface area is 130 Å². The minimum atomic E-state index is 0.412. The van der Waals surface area contributed by atoms with Crippen LogP contribution in [0.2, 0.25) is 0 Å². The fraction of sp³-hybridized carbons (Fsp3) is 0.562. The summed E-state index contributed by atoms with van der Waals surface area (Å²) in [6.45, 7) is 5.54. The Morgan fingerprint density at radius 1 is 1.48 bits per heavy atom. The average Bonchev–Trinajstić information content (AvgIpc) is 2.85. The van der Waals surface area contributed by atoms with Crippen molar-refractivity contribution in [2.45, 2.75) is 32.4 Å². The first-order chi connectivity index (χ1) is 10.2. The summed E-state index contributed by atoms with van der Waals surface area (Å²) in [7, 11) is 1.70. The maximum atomic E-state index is 5.32. The monoisotopic (exact) mass is 305 g/mol. The zero-order valence-corrected chi connectivity index (χ0v) is 13.7. The van der Waals surface area contributed by atoms with Crippen molar-refractivity contribution in [3.8, 4) is 5.75 Å². The Balaban J connectivity index is 1.97. The van der Waals surface area contributed by atoms with Crippen LogP contribution in [0.15, 0.2) is 18.2 Å². The molecule has 2 heterocycles. The molecule has 5 heteroatoms. The molecule has 1 aliphatic heterocycles. The summed E-state index contributed by atoms with van der Waals surface area (Å²) in [6.07, 6.45) is 0.988. The molecule has 1 saturated heterocycles. The molecule has 0 saturated carbocycles. The van der Waals surface area contributed by atoms with Crippen LogP contribution in [0.25, 0.3) is 11.0 Å². The van der Waals surface area contributed by atoms with Crippen molar-refractivity contribution in [1.29, 1.82) is 0 Å². The van der Waals surface area contributed by atoms with Crippen LogP contribution in [0.1, 0.15) is 25.7 Å². The highest BCUT2D eigenvalue weighted by molar-refractivity contribution is 7.99. The number of nitrogens with one attached hydrogen (secondary N) is 1. The topological polar surface area (TPSA) is 39.1 Å².